The summed E-state index contributed by atoms with van der Waals surface area (Å²) >= 11 is 0. The Morgan fingerprint density at radius 2 is 2.05 bits per heavy atom. The van der Waals surface area contributed by atoms with Crippen molar-refractivity contribution < 1.29 is 31.9 Å². The highest BCUT2D eigenvalue weighted by Gasteiger charge is 2.27. The predicted molar refractivity (Wildman–Crippen MR) is 65.7 cm³/mol. The molecule has 0 aliphatic heterocycles. The van der Waals surface area contributed by atoms with Crippen LogP contribution in [-0.2, 0) is 9.53 Å². The van der Waals surface area contributed by atoms with Crippen molar-refractivity contribution in [1.29, 1.82) is 0 Å². The van der Waals surface area contributed by atoms with Gasteiger partial charge in [-0.15, -0.1) is 0 Å². The van der Waals surface area contributed by atoms with Crippen molar-refractivity contribution in [2.75, 3.05) is 26.3 Å². The molecule has 1 heterocycles. The number of alkyl halides is 3. The van der Waals surface area contributed by atoms with E-state index in [9.17, 15) is 22.8 Å². The highest BCUT2D eigenvalue weighted by Crippen LogP contribution is 2.13. The summed E-state index contributed by atoms with van der Waals surface area (Å²) in [5.41, 5.74) is 0.316. The van der Waals surface area contributed by atoms with E-state index in [2.05, 4.69) is 15.4 Å². The van der Waals surface area contributed by atoms with Gasteiger partial charge in [0.2, 0.25) is 5.91 Å². The monoisotopic (exact) mass is 308 g/mol. The fourth-order valence-electron chi connectivity index (χ4n) is 1.39. The average molecular weight is 308 g/mol. The Morgan fingerprint density at radius 3 is 2.62 bits per heavy atom. The van der Waals surface area contributed by atoms with Gasteiger partial charge >= 0.3 is 6.18 Å². The molecule has 0 unspecified atom stereocenters. The van der Waals surface area contributed by atoms with Gasteiger partial charge in [0.05, 0.1) is 25.0 Å². The molecule has 0 saturated carbocycles. The van der Waals surface area contributed by atoms with E-state index in [1.54, 1.807) is 6.92 Å². The lowest BCUT2D eigenvalue weighted by Crippen LogP contribution is -2.38. The maximum Gasteiger partial charge on any atom is 0.411 e. The molecule has 21 heavy (non-hydrogen) atoms. The molecule has 118 valence electrons. The summed E-state index contributed by atoms with van der Waals surface area (Å²) in [7, 11) is 0. The summed E-state index contributed by atoms with van der Waals surface area (Å²) < 4.78 is 44.5. The van der Waals surface area contributed by atoms with Crippen LogP contribution in [0.3, 0.4) is 0 Å². The van der Waals surface area contributed by atoms with Crippen molar-refractivity contribution in [3.63, 3.8) is 0 Å². The number of nitrogens with one attached hydrogen (secondary N) is 2. The fraction of sp³-hybridized carbons (Fsp3) is 0.500. The number of carbonyl (C=O) groups excluding carboxylic acids is 2. The van der Waals surface area contributed by atoms with Gasteiger partial charge in [0, 0.05) is 6.54 Å². The highest BCUT2D eigenvalue weighted by atomic mass is 19.4. The Morgan fingerprint density at radius 1 is 1.33 bits per heavy atom. The van der Waals surface area contributed by atoms with Crippen LogP contribution in [0.4, 0.5) is 13.2 Å². The van der Waals surface area contributed by atoms with Crippen LogP contribution in [0.25, 0.3) is 0 Å². The molecule has 0 atom stereocenters. The van der Waals surface area contributed by atoms with E-state index < -0.39 is 24.6 Å². The Labute approximate surface area is 118 Å². The largest absolute Gasteiger partial charge is 0.469 e. The minimum Gasteiger partial charge on any atom is -0.469 e. The summed E-state index contributed by atoms with van der Waals surface area (Å²) in [6, 6.07) is 1.47. The first kappa shape index (κ1) is 17.0. The minimum absolute atomic E-state index is 0.0739. The fourth-order valence-corrected chi connectivity index (χ4v) is 1.39. The maximum atomic E-state index is 11.8. The number of hydrogen-bond acceptors (Lipinski definition) is 4. The molecule has 0 bridgehead atoms. The zero-order valence-electron chi connectivity index (χ0n) is 11.3. The SMILES string of the molecule is Cc1occc1C(=O)NCC(=O)NCCOCC(F)(F)F. The summed E-state index contributed by atoms with van der Waals surface area (Å²) in [6.07, 6.45) is -3.04. The third-order valence-electron chi connectivity index (χ3n) is 2.35. The van der Waals surface area contributed by atoms with Gasteiger partial charge in [-0.1, -0.05) is 0 Å². The molecule has 0 aromatic carbocycles. The van der Waals surface area contributed by atoms with Crippen LogP contribution in [0.1, 0.15) is 16.1 Å². The van der Waals surface area contributed by atoms with E-state index in [-0.39, 0.29) is 19.7 Å². The van der Waals surface area contributed by atoms with E-state index in [1.807, 2.05) is 0 Å². The van der Waals surface area contributed by atoms with E-state index in [4.69, 9.17) is 4.42 Å². The Kier molecular flexibility index (Phi) is 6.22. The van der Waals surface area contributed by atoms with Crippen molar-refractivity contribution >= 4 is 11.8 Å². The lowest BCUT2D eigenvalue weighted by Gasteiger charge is -2.09. The number of furan rings is 1. The molecular formula is C12H15F3N2O4. The van der Waals surface area contributed by atoms with Crippen LogP contribution >= 0.6 is 0 Å². The predicted octanol–water partition coefficient (Wildman–Crippen LogP) is 1.01. The molecule has 0 aliphatic rings. The number of amides is 2. The molecule has 9 heteroatoms. The van der Waals surface area contributed by atoms with Crippen molar-refractivity contribution in [3.05, 3.63) is 23.7 Å². The summed E-state index contributed by atoms with van der Waals surface area (Å²) in [6.45, 7) is -0.384. The van der Waals surface area contributed by atoms with Crippen LogP contribution in [-0.4, -0.2) is 44.3 Å². The lowest BCUT2D eigenvalue weighted by atomic mass is 10.2. The molecule has 1 rings (SSSR count). The van der Waals surface area contributed by atoms with Gasteiger partial charge in [0.15, 0.2) is 0 Å². The Hall–Kier alpha value is -2.03. The second-order valence-electron chi connectivity index (χ2n) is 4.09. The van der Waals surface area contributed by atoms with Crippen molar-refractivity contribution in [2.45, 2.75) is 13.1 Å². The normalized spacial score (nSPS) is 11.2. The molecule has 0 radical (unpaired) electrons. The van der Waals surface area contributed by atoms with Crippen LogP contribution in [0.15, 0.2) is 16.7 Å². The molecule has 0 aliphatic carbocycles. The first-order valence-corrected chi connectivity index (χ1v) is 6.03. The molecular weight excluding hydrogens is 293 g/mol. The second kappa shape index (κ2) is 7.67. The van der Waals surface area contributed by atoms with Crippen LogP contribution < -0.4 is 10.6 Å². The minimum atomic E-state index is -4.39. The number of aryl methyl sites for hydroxylation is 1. The van der Waals surface area contributed by atoms with E-state index in [0.29, 0.717) is 11.3 Å². The van der Waals surface area contributed by atoms with E-state index in [1.165, 1.54) is 12.3 Å². The Balaban J connectivity index is 2.14. The molecule has 2 N–H and O–H groups in total. The van der Waals surface area contributed by atoms with Gasteiger partial charge in [-0.25, -0.2) is 0 Å². The van der Waals surface area contributed by atoms with Crippen LogP contribution in [0.2, 0.25) is 0 Å². The first-order valence-electron chi connectivity index (χ1n) is 6.03. The number of rotatable bonds is 7. The van der Waals surface area contributed by atoms with Gasteiger partial charge in [-0.3, -0.25) is 9.59 Å². The number of ether oxygens (including phenoxy) is 1. The molecule has 0 saturated heterocycles. The van der Waals surface area contributed by atoms with Gasteiger partial charge in [-0.2, -0.15) is 13.2 Å². The quantitative estimate of drug-likeness (QED) is 0.737. The summed E-state index contributed by atoms with van der Waals surface area (Å²) in [5, 5.41) is 4.67. The highest BCUT2D eigenvalue weighted by molar-refractivity contribution is 5.97. The first-order chi connectivity index (χ1) is 9.79. The maximum absolute atomic E-state index is 11.8. The number of hydrogen-bond donors (Lipinski definition) is 2. The molecule has 1 aromatic rings. The zero-order chi connectivity index (χ0) is 15.9. The molecule has 1 aromatic heterocycles. The Bertz CT molecular complexity index is 485. The molecule has 2 amide bonds. The van der Waals surface area contributed by atoms with E-state index in [0.717, 1.165) is 0 Å². The third-order valence-corrected chi connectivity index (χ3v) is 2.35. The number of halogens is 3. The van der Waals surface area contributed by atoms with Crippen molar-refractivity contribution in [3.8, 4) is 0 Å². The lowest BCUT2D eigenvalue weighted by molar-refractivity contribution is -0.173. The second-order valence-corrected chi connectivity index (χ2v) is 4.09. The van der Waals surface area contributed by atoms with E-state index >= 15 is 0 Å². The molecule has 6 nitrogen and oxygen atoms in total. The van der Waals surface area contributed by atoms with Crippen molar-refractivity contribution in [1.82, 2.24) is 10.6 Å². The average Bonchev–Trinajstić information content (AvgIpc) is 2.80. The van der Waals surface area contributed by atoms with Crippen LogP contribution in [0, 0.1) is 6.92 Å². The molecule has 0 spiro atoms. The van der Waals surface area contributed by atoms with Gasteiger partial charge in [0.1, 0.15) is 12.4 Å². The topological polar surface area (TPSA) is 80.6 Å². The zero-order valence-corrected chi connectivity index (χ0v) is 11.3. The van der Waals surface area contributed by atoms with Gasteiger partial charge in [0.25, 0.3) is 5.91 Å². The van der Waals surface area contributed by atoms with Gasteiger partial charge in [-0.05, 0) is 13.0 Å². The third kappa shape index (κ3) is 6.80. The van der Waals surface area contributed by atoms with Crippen molar-refractivity contribution in [2.24, 2.45) is 0 Å². The molecule has 0 fully saturated rings. The number of carbonyl (C=O) groups is 2. The standard InChI is InChI=1S/C12H15F3N2O4/c1-8-9(2-4-21-8)11(19)17-6-10(18)16-3-5-20-7-12(13,14)15/h2,4H,3,5-7H2,1H3,(H,16,18)(H,17,19). The van der Waals surface area contributed by atoms with Gasteiger partial charge < -0.3 is 19.8 Å². The summed E-state index contributed by atoms with van der Waals surface area (Å²) in [5.74, 6) is -0.571. The smallest absolute Gasteiger partial charge is 0.411 e. The van der Waals surface area contributed by atoms with Crippen LogP contribution in [0.5, 0.6) is 0 Å². The summed E-state index contributed by atoms with van der Waals surface area (Å²) in [4.78, 5) is 23.0.